The number of ether oxygens (including phenoxy) is 2. The van der Waals surface area contributed by atoms with Crippen molar-refractivity contribution in [1.82, 2.24) is 5.32 Å². The van der Waals surface area contributed by atoms with Gasteiger partial charge in [0.05, 0.1) is 19.8 Å². The Labute approximate surface area is 122 Å². The average molecular weight is 289 g/mol. The zero-order valence-corrected chi connectivity index (χ0v) is 11.9. The molecule has 21 heavy (non-hydrogen) atoms. The highest BCUT2D eigenvalue weighted by molar-refractivity contribution is 5.97. The van der Waals surface area contributed by atoms with Crippen LogP contribution >= 0.6 is 0 Å². The normalized spacial score (nSPS) is 10.0. The minimum atomic E-state index is -0.353. The van der Waals surface area contributed by atoms with Crippen LogP contribution in [0.3, 0.4) is 0 Å². The van der Waals surface area contributed by atoms with Gasteiger partial charge in [0.2, 0.25) is 0 Å². The molecule has 0 aromatic heterocycles. The Morgan fingerprint density at radius 3 is 2.52 bits per heavy atom. The SMILES string of the molecule is COc1cccc(C(=O)NCc2ccccc2F)c1OC. The van der Waals surface area contributed by atoms with E-state index < -0.39 is 0 Å². The van der Waals surface area contributed by atoms with E-state index in [-0.39, 0.29) is 18.3 Å². The zero-order chi connectivity index (χ0) is 15.2. The van der Waals surface area contributed by atoms with Gasteiger partial charge >= 0.3 is 0 Å². The first-order valence-corrected chi connectivity index (χ1v) is 6.40. The van der Waals surface area contributed by atoms with Crippen molar-refractivity contribution in [2.45, 2.75) is 6.54 Å². The first-order valence-electron chi connectivity index (χ1n) is 6.40. The standard InChI is InChI=1S/C16H16FNO3/c1-20-14-9-5-7-12(15(14)21-2)16(19)18-10-11-6-3-4-8-13(11)17/h3-9H,10H2,1-2H3,(H,18,19). The molecular weight excluding hydrogens is 273 g/mol. The summed E-state index contributed by atoms with van der Waals surface area (Å²) >= 11 is 0. The molecule has 0 unspecified atom stereocenters. The fourth-order valence-electron chi connectivity index (χ4n) is 1.98. The molecule has 2 aromatic carbocycles. The van der Waals surface area contributed by atoms with Crippen LogP contribution in [0.1, 0.15) is 15.9 Å². The molecular formula is C16H16FNO3. The van der Waals surface area contributed by atoms with Crippen LogP contribution in [0.4, 0.5) is 4.39 Å². The fourth-order valence-corrected chi connectivity index (χ4v) is 1.98. The maximum atomic E-state index is 13.5. The monoisotopic (exact) mass is 289 g/mol. The van der Waals surface area contributed by atoms with Crippen molar-refractivity contribution in [1.29, 1.82) is 0 Å². The zero-order valence-electron chi connectivity index (χ0n) is 11.9. The van der Waals surface area contributed by atoms with Gasteiger partial charge in [-0.3, -0.25) is 4.79 Å². The van der Waals surface area contributed by atoms with E-state index in [4.69, 9.17) is 9.47 Å². The van der Waals surface area contributed by atoms with Crippen molar-refractivity contribution in [3.05, 3.63) is 59.4 Å². The molecule has 0 aliphatic rings. The Kier molecular flexibility index (Phi) is 4.77. The van der Waals surface area contributed by atoms with Crippen molar-refractivity contribution in [3.63, 3.8) is 0 Å². The largest absolute Gasteiger partial charge is 0.493 e. The summed E-state index contributed by atoms with van der Waals surface area (Å²) in [5, 5.41) is 2.67. The lowest BCUT2D eigenvalue weighted by Gasteiger charge is -2.12. The number of carbonyl (C=O) groups excluding carboxylic acids is 1. The number of amides is 1. The number of benzene rings is 2. The van der Waals surface area contributed by atoms with Crippen LogP contribution in [-0.4, -0.2) is 20.1 Å². The second kappa shape index (κ2) is 6.74. The summed E-state index contributed by atoms with van der Waals surface area (Å²) in [6, 6.07) is 11.3. The Bertz CT molecular complexity index is 643. The lowest BCUT2D eigenvalue weighted by Crippen LogP contribution is -2.24. The van der Waals surface area contributed by atoms with E-state index in [1.54, 1.807) is 36.4 Å². The second-order valence-electron chi connectivity index (χ2n) is 4.32. The molecule has 0 saturated carbocycles. The Morgan fingerprint density at radius 1 is 1.10 bits per heavy atom. The fraction of sp³-hybridized carbons (Fsp3) is 0.188. The summed E-state index contributed by atoms with van der Waals surface area (Å²) in [6.45, 7) is 0.103. The molecule has 2 rings (SSSR count). The van der Waals surface area contributed by atoms with Crippen LogP contribution in [-0.2, 0) is 6.54 Å². The molecule has 0 spiro atoms. The summed E-state index contributed by atoms with van der Waals surface area (Å²) < 4.78 is 23.9. The molecule has 0 bridgehead atoms. The average Bonchev–Trinajstić information content (AvgIpc) is 2.52. The van der Waals surface area contributed by atoms with Crippen LogP contribution in [0.2, 0.25) is 0 Å². The Morgan fingerprint density at radius 2 is 1.86 bits per heavy atom. The van der Waals surface area contributed by atoms with Gasteiger partial charge in [0, 0.05) is 12.1 Å². The van der Waals surface area contributed by atoms with E-state index in [1.807, 2.05) is 0 Å². The highest BCUT2D eigenvalue weighted by Gasteiger charge is 2.16. The summed E-state index contributed by atoms with van der Waals surface area (Å²) in [6.07, 6.45) is 0. The smallest absolute Gasteiger partial charge is 0.255 e. The van der Waals surface area contributed by atoms with Crippen LogP contribution in [0.15, 0.2) is 42.5 Å². The van der Waals surface area contributed by atoms with Gasteiger partial charge in [-0.15, -0.1) is 0 Å². The molecule has 5 heteroatoms. The second-order valence-corrected chi connectivity index (χ2v) is 4.32. The van der Waals surface area contributed by atoms with E-state index in [2.05, 4.69) is 5.32 Å². The molecule has 0 fully saturated rings. The van der Waals surface area contributed by atoms with Crippen molar-refractivity contribution in [3.8, 4) is 11.5 Å². The molecule has 1 amide bonds. The van der Waals surface area contributed by atoms with Gasteiger partial charge in [0.25, 0.3) is 5.91 Å². The van der Waals surface area contributed by atoms with E-state index in [0.29, 0.717) is 22.6 Å². The number of rotatable bonds is 5. The van der Waals surface area contributed by atoms with Crippen LogP contribution in [0, 0.1) is 5.82 Å². The van der Waals surface area contributed by atoms with Crippen LogP contribution < -0.4 is 14.8 Å². The molecule has 2 aromatic rings. The van der Waals surface area contributed by atoms with Crippen molar-refractivity contribution in [2.75, 3.05) is 14.2 Å². The number of hydrogen-bond donors (Lipinski definition) is 1. The van der Waals surface area contributed by atoms with E-state index in [1.165, 1.54) is 20.3 Å². The topological polar surface area (TPSA) is 47.6 Å². The summed E-state index contributed by atoms with van der Waals surface area (Å²) in [4.78, 5) is 12.2. The molecule has 0 heterocycles. The third kappa shape index (κ3) is 3.31. The van der Waals surface area contributed by atoms with Crippen molar-refractivity contribution >= 4 is 5.91 Å². The van der Waals surface area contributed by atoms with Gasteiger partial charge in [-0.05, 0) is 18.2 Å². The first kappa shape index (κ1) is 14.8. The van der Waals surface area contributed by atoms with Gasteiger partial charge in [-0.2, -0.15) is 0 Å². The number of nitrogens with one attached hydrogen (secondary N) is 1. The number of halogens is 1. The number of hydrogen-bond acceptors (Lipinski definition) is 3. The third-order valence-corrected chi connectivity index (χ3v) is 3.04. The van der Waals surface area contributed by atoms with Crippen LogP contribution in [0.5, 0.6) is 11.5 Å². The van der Waals surface area contributed by atoms with E-state index in [9.17, 15) is 9.18 Å². The number of para-hydroxylation sites is 1. The highest BCUT2D eigenvalue weighted by Crippen LogP contribution is 2.30. The summed E-state index contributed by atoms with van der Waals surface area (Å²) in [7, 11) is 2.96. The van der Waals surface area contributed by atoms with Gasteiger partial charge in [0.1, 0.15) is 5.82 Å². The maximum Gasteiger partial charge on any atom is 0.255 e. The van der Waals surface area contributed by atoms with Crippen molar-refractivity contribution in [2.24, 2.45) is 0 Å². The quantitative estimate of drug-likeness (QED) is 0.920. The molecule has 0 aliphatic heterocycles. The predicted molar refractivity (Wildman–Crippen MR) is 77.1 cm³/mol. The molecule has 0 aliphatic carbocycles. The number of carbonyl (C=O) groups is 1. The van der Waals surface area contributed by atoms with Crippen molar-refractivity contribution < 1.29 is 18.7 Å². The summed E-state index contributed by atoms with van der Waals surface area (Å²) in [5.41, 5.74) is 0.765. The van der Waals surface area contributed by atoms with Crippen LogP contribution in [0.25, 0.3) is 0 Å². The van der Waals surface area contributed by atoms with Gasteiger partial charge in [-0.25, -0.2) is 4.39 Å². The predicted octanol–water partition coefficient (Wildman–Crippen LogP) is 2.77. The lowest BCUT2D eigenvalue weighted by molar-refractivity contribution is 0.0947. The lowest BCUT2D eigenvalue weighted by atomic mass is 10.1. The maximum absolute atomic E-state index is 13.5. The van der Waals surface area contributed by atoms with E-state index >= 15 is 0 Å². The summed E-state index contributed by atoms with van der Waals surface area (Å²) in [5.74, 6) is 0.117. The van der Waals surface area contributed by atoms with Gasteiger partial charge < -0.3 is 14.8 Å². The van der Waals surface area contributed by atoms with Gasteiger partial charge in [-0.1, -0.05) is 24.3 Å². The molecule has 0 atom stereocenters. The minimum Gasteiger partial charge on any atom is -0.493 e. The number of methoxy groups -OCH3 is 2. The molecule has 4 nitrogen and oxygen atoms in total. The Balaban J connectivity index is 2.16. The first-order chi connectivity index (χ1) is 10.2. The van der Waals surface area contributed by atoms with Gasteiger partial charge in [0.15, 0.2) is 11.5 Å². The molecule has 1 N–H and O–H groups in total. The molecule has 0 radical (unpaired) electrons. The molecule has 110 valence electrons. The highest BCUT2D eigenvalue weighted by atomic mass is 19.1. The Hall–Kier alpha value is -2.56. The van der Waals surface area contributed by atoms with E-state index in [0.717, 1.165) is 0 Å². The minimum absolute atomic E-state index is 0.103. The third-order valence-electron chi connectivity index (χ3n) is 3.04. The molecule has 0 saturated heterocycles.